The van der Waals surface area contributed by atoms with Crippen LogP contribution in [0.2, 0.25) is 5.15 Å². The number of aromatic nitrogens is 2. The standard InChI is InChI=1S/C17H14ClN5O6/c18-14-6-13-15(20-19-14)22(17(25)26)7-11-5-12(8-21(11)13)29-16(24)9-1-3-10(4-2-9)23(27)28/h1-4,6,11-12H,5,7-8H2,(H,25,26)/t11-,12-/m0/s1. The van der Waals surface area contributed by atoms with Crippen LogP contribution < -0.4 is 9.80 Å². The van der Waals surface area contributed by atoms with Gasteiger partial charge in [-0.2, -0.15) is 0 Å². The van der Waals surface area contributed by atoms with Gasteiger partial charge < -0.3 is 14.7 Å². The molecule has 2 aliphatic rings. The molecule has 0 unspecified atom stereocenters. The smallest absolute Gasteiger partial charge is 0.413 e. The fraction of sp³-hybridized carbons (Fsp3) is 0.294. The number of benzene rings is 1. The summed E-state index contributed by atoms with van der Waals surface area (Å²) in [7, 11) is 0. The van der Waals surface area contributed by atoms with Gasteiger partial charge in [0.2, 0.25) is 0 Å². The number of hydrogen-bond acceptors (Lipinski definition) is 8. The van der Waals surface area contributed by atoms with Gasteiger partial charge >= 0.3 is 12.1 Å². The van der Waals surface area contributed by atoms with Crippen molar-refractivity contribution in [3.63, 3.8) is 0 Å². The predicted molar refractivity (Wildman–Crippen MR) is 100 cm³/mol. The molecule has 12 heteroatoms. The lowest BCUT2D eigenvalue weighted by molar-refractivity contribution is -0.384. The summed E-state index contributed by atoms with van der Waals surface area (Å²) in [6.07, 6.45) is -1.23. The van der Waals surface area contributed by atoms with E-state index >= 15 is 0 Å². The second-order valence-electron chi connectivity index (χ2n) is 6.64. The number of non-ortho nitro benzene ring substituents is 1. The highest BCUT2D eigenvalue weighted by Gasteiger charge is 2.43. The van der Waals surface area contributed by atoms with Crippen LogP contribution in [-0.2, 0) is 4.74 Å². The van der Waals surface area contributed by atoms with Crippen LogP contribution in [0.15, 0.2) is 30.3 Å². The number of hydrogen-bond donors (Lipinski definition) is 1. The number of rotatable bonds is 3. The van der Waals surface area contributed by atoms with E-state index in [-0.39, 0.29) is 34.8 Å². The van der Waals surface area contributed by atoms with Crippen LogP contribution in [0.5, 0.6) is 0 Å². The Morgan fingerprint density at radius 1 is 1.24 bits per heavy atom. The summed E-state index contributed by atoms with van der Waals surface area (Å²) >= 11 is 5.93. The maximum absolute atomic E-state index is 12.4. The first-order chi connectivity index (χ1) is 13.8. The number of nitrogens with zero attached hydrogens (tertiary/aromatic N) is 5. The van der Waals surface area contributed by atoms with Crippen molar-refractivity contribution in [3.8, 4) is 0 Å². The summed E-state index contributed by atoms with van der Waals surface area (Å²) in [5.74, 6) is -0.425. The number of esters is 1. The van der Waals surface area contributed by atoms with E-state index in [1.54, 1.807) is 0 Å². The van der Waals surface area contributed by atoms with Gasteiger partial charge in [0.05, 0.1) is 35.3 Å². The molecule has 3 heterocycles. The van der Waals surface area contributed by atoms with Crippen molar-refractivity contribution in [3.05, 3.63) is 51.2 Å². The van der Waals surface area contributed by atoms with Gasteiger partial charge in [0.1, 0.15) is 6.10 Å². The van der Waals surface area contributed by atoms with Crippen molar-refractivity contribution < 1.29 is 24.4 Å². The van der Waals surface area contributed by atoms with Gasteiger partial charge in [0, 0.05) is 24.6 Å². The quantitative estimate of drug-likeness (QED) is 0.451. The Bertz CT molecular complexity index is 1000. The number of carbonyl (C=O) groups is 2. The van der Waals surface area contributed by atoms with Crippen LogP contribution >= 0.6 is 11.6 Å². The van der Waals surface area contributed by atoms with Gasteiger partial charge in [0.25, 0.3) is 5.69 Å². The number of halogens is 1. The van der Waals surface area contributed by atoms with E-state index < -0.39 is 23.1 Å². The van der Waals surface area contributed by atoms with E-state index in [0.29, 0.717) is 18.7 Å². The molecule has 2 aromatic rings. The van der Waals surface area contributed by atoms with Gasteiger partial charge in [-0.15, -0.1) is 10.2 Å². The molecule has 150 valence electrons. The summed E-state index contributed by atoms with van der Waals surface area (Å²) in [4.78, 5) is 37.2. The normalized spacial score (nSPS) is 20.0. The molecule has 1 aromatic carbocycles. The summed E-state index contributed by atoms with van der Waals surface area (Å²) in [5.41, 5.74) is 0.586. The Morgan fingerprint density at radius 2 is 1.97 bits per heavy atom. The van der Waals surface area contributed by atoms with Crippen LogP contribution in [0.4, 0.5) is 22.0 Å². The topological polar surface area (TPSA) is 139 Å². The molecule has 0 bridgehead atoms. The van der Waals surface area contributed by atoms with Gasteiger partial charge in [-0.3, -0.25) is 15.0 Å². The third kappa shape index (κ3) is 3.51. The first kappa shape index (κ1) is 18.9. The van der Waals surface area contributed by atoms with E-state index in [0.717, 1.165) is 4.90 Å². The number of amides is 1. The number of anilines is 2. The third-order valence-corrected chi connectivity index (χ3v) is 5.06. The lowest BCUT2D eigenvalue weighted by atomic mass is 10.1. The molecule has 0 spiro atoms. The summed E-state index contributed by atoms with van der Waals surface area (Å²) < 4.78 is 5.55. The van der Waals surface area contributed by atoms with E-state index in [2.05, 4.69) is 10.2 Å². The SMILES string of the molecule is O=C(O[C@H]1C[C@H]2CN(C(=O)O)c3nnc(Cl)cc3N2C1)c1ccc([N+](=O)[O-])cc1. The molecular formula is C17H14ClN5O6. The minimum atomic E-state index is -1.16. The second-order valence-corrected chi connectivity index (χ2v) is 7.03. The fourth-order valence-electron chi connectivity index (χ4n) is 3.59. The van der Waals surface area contributed by atoms with Gasteiger partial charge in [-0.05, 0) is 12.1 Å². The molecule has 1 fully saturated rings. The monoisotopic (exact) mass is 419 g/mol. The number of carboxylic acid groups (broad SMARTS) is 1. The average Bonchev–Trinajstić information content (AvgIpc) is 3.09. The predicted octanol–water partition coefficient (Wildman–Crippen LogP) is 2.34. The van der Waals surface area contributed by atoms with E-state index in [9.17, 15) is 24.8 Å². The maximum atomic E-state index is 12.4. The van der Waals surface area contributed by atoms with Crippen LogP contribution in [0, 0.1) is 10.1 Å². The molecule has 1 amide bonds. The van der Waals surface area contributed by atoms with Gasteiger partial charge in [-0.1, -0.05) is 11.6 Å². The zero-order valence-corrected chi connectivity index (χ0v) is 15.5. The van der Waals surface area contributed by atoms with E-state index in [1.165, 1.54) is 30.3 Å². The Kier molecular flexibility index (Phi) is 4.66. The highest BCUT2D eigenvalue weighted by molar-refractivity contribution is 6.29. The largest absolute Gasteiger partial charge is 0.465 e. The number of nitro benzene ring substituents is 1. The average molecular weight is 420 g/mol. The van der Waals surface area contributed by atoms with Crippen molar-refractivity contribution >= 4 is 40.9 Å². The molecule has 2 aliphatic heterocycles. The van der Waals surface area contributed by atoms with Crippen LogP contribution in [0.3, 0.4) is 0 Å². The number of fused-ring (bicyclic) bond motifs is 3. The minimum absolute atomic E-state index is 0.122. The second kappa shape index (κ2) is 7.17. The van der Waals surface area contributed by atoms with Crippen molar-refractivity contribution in [1.29, 1.82) is 0 Å². The Balaban J connectivity index is 1.51. The van der Waals surface area contributed by atoms with E-state index in [4.69, 9.17) is 16.3 Å². The zero-order chi connectivity index (χ0) is 20.7. The van der Waals surface area contributed by atoms with Crippen molar-refractivity contribution in [2.24, 2.45) is 0 Å². The minimum Gasteiger partial charge on any atom is -0.465 e. The zero-order valence-electron chi connectivity index (χ0n) is 14.8. The molecule has 0 saturated carbocycles. The summed E-state index contributed by atoms with van der Waals surface area (Å²) in [5, 5.41) is 27.9. The van der Waals surface area contributed by atoms with E-state index in [1.807, 2.05) is 4.90 Å². The van der Waals surface area contributed by atoms with Crippen LogP contribution in [-0.4, -0.2) is 57.5 Å². The first-order valence-corrected chi connectivity index (χ1v) is 8.97. The Morgan fingerprint density at radius 3 is 2.62 bits per heavy atom. The molecule has 29 heavy (non-hydrogen) atoms. The summed E-state index contributed by atoms with van der Waals surface area (Å²) in [6.45, 7) is 0.496. The molecule has 1 aromatic heterocycles. The molecule has 4 rings (SSSR count). The molecular weight excluding hydrogens is 406 g/mol. The lowest BCUT2D eigenvalue weighted by Gasteiger charge is -2.37. The molecule has 1 saturated heterocycles. The maximum Gasteiger partial charge on any atom is 0.413 e. The highest BCUT2D eigenvalue weighted by atomic mass is 35.5. The first-order valence-electron chi connectivity index (χ1n) is 8.59. The van der Waals surface area contributed by atoms with Gasteiger partial charge in [0.15, 0.2) is 11.0 Å². The number of nitro groups is 1. The fourth-order valence-corrected chi connectivity index (χ4v) is 3.73. The van der Waals surface area contributed by atoms with Gasteiger partial charge in [-0.25, -0.2) is 9.59 Å². The highest BCUT2D eigenvalue weighted by Crippen LogP contribution is 2.39. The van der Waals surface area contributed by atoms with Crippen molar-refractivity contribution in [2.75, 3.05) is 22.9 Å². The van der Waals surface area contributed by atoms with Crippen molar-refractivity contribution in [2.45, 2.75) is 18.6 Å². The number of ether oxygens (including phenoxy) is 1. The number of carbonyl (C=O) groups excluding carboxylic acids is 1. The molecule has 11 nitrogen and oxygen atoms in total. The van der Waals surface area contributed by atoms with Crippen molar-refractivity contribution in [1.82, 2.24) is 10.2 Å². The molecule has 2 atom stereocenters. The van der Waals surface area contributed by atoms with Crippen LogP contribution in [0.25, 0.3) is 0 Å². The molecule has 0 aliphatic carbocycles. The Hall–Kier alpha value is -3.47. The third-order valence-electron chi connectivity index (χ3n) is 4.88. The summed E-state index contributed by atoms with van der Waals surface area (Å²) in [6, 6.07) is 6.45. The molecule has 0 radical (unpaired) electrons. The Labute approximate surface area is 168 Å². The van der Waals surface area contributed by atoms with Crippen LogP contribution in [0.1, 0.15) is 16.8 Å². The lowest BCUT2D eigenvalue weighted by Crippen LogP contribution is -2.48. The molecule has 1 N–H and O–H groups in total.